The number of hydrogen-bond acceptors (Lipinski definition) is 6. The highest BCUT2D eigenvalue weighted by Gasteiger charge is 2.47. The van der Waals surface area contributed by atoms with Crippen molar-refractivity contribution in [3.8, 4) is 0 Å². The van der Waals surface area contributed by atoms with E-state index < -0.39 is 41.8 Å². The number of nitrogens with one attached hydrogen (secondary N) is 1. The summed E-state index contributed by atoms with van der Waals surface area (Å²) in [6.07, 6.45) is -1.84. The summed E-state index contributed by atoms with van der Waals surface area (Å²) in [5.74, 6) is -1.35. The number of carbonyl (C=O) groups excluding carboxylic acids is 2. The van der Waals surface area contributed by atoms with Crippen LogP contribution >= 0.6 is 0 Å². The molecule has 0 aromatic rings. The lowest BCUT2D eigenvalue weighted by molar-refractivity contribution is -0.148. The van der Waals surface area contributed by atoms with E-state index >= 15 is 0 Å². The van der Waals surface area contributed by atoms with Gasteiger partial charge in [-0.3, -0.25) is 4.79 Å². The van der Waals surface area contributed by atoms with Gasteiger partial charge in [-0.25, -0.2) is 4.79 Å². The van der Waals surface area contributed by atoms with E-state index in [0.29, 0.717) is 0 Å². The van der Waals surface area contributed by atoms with E-state index in [9.17, 15) is 14.7 Å². The molecule has 1 amide bonds. The monoisotopic (exact) mass is 314 g/mol. The van der Waals surface area contributed by atoms with Gasteiger partial charge in [0, 0.05) is 4.91 Å². The first-order chi connectivity index (χ1) is 10.2. The molecule has 0 radical (unpaired) electrons. The van der Waals surface area contributed by atoms with Gasteiger partial charge in [-0.2, -0.15) is 0 Å². The van der Waals surface area contributed by atoms with Crippen LogP contribution in [0.1, 0.15) is 34.1 Å². The Bertz CT molecular complexity index is 470. The van der Waals surface area contributed by atoms with E-state index in [0.717, 1.165) is 0 Å². The number of azide groups is 1. The molecule has 0 aliphatic heterocycles. The van der Waals surface area contributed by atoms with Gasteiger partial charge in [-0.05, 0) is 39.6 Å². The second kappa shape index (κ2) is 7.33. The van der Waals surface area contributed by atoms with E-state index in [2.05, 4.69) is 15.3 Å². The minimum atomic E-state index is -1.18. The highest BCUT2D eigenvalue weighted by Crippen LogP contribution is 2.30. The molecule has 4 atom stereocenters. The van der Waals surface area contributed by atoms with Crippen LogP contribution in [-0.4, -0.2) is 47.6 Å². The van der Waals surface area contributed by atoms with E-state index in [1.54, 1.807) is 27.7 Å². The van der Waals surface area contributed by atoms with Gasteiger partial charge in [0.25, 0.3) is 0 Å². The quantitative estimate of drug-likeness (QED) is 0.351. The fraction of sp³-hybridized carbons (Fsp3) is 0.846. The highest BCUT2D eigenvalue weighted by molar-refractivity contribution is 5.76. The Morgan fingerprint density at radius 1 is 1.45 bits per heavy atom. The molecule has 0 bridgehead atoms. The van der Waals surface area contributed by atoms with E-state index in [1.165, 1.54) is 0 Å². The zero-order valence-electron chi connectivity index (χ0n) is 13.1. The summed E-state index contributed by atoms with van der Waals surface area (Å²) in [6.45, 7) is 6.93. The topological polar surface area (TPSA) is 134 Å². The second-order valence-electron chi connectivity index (χ2n) is 6.03. The standard InChI is InChI=1S/C13H22N4O5/c1-5-21-11(19)7-6-8(16-17-14)10(18)9(7)15-12(20)22-13(2,3)4/h7-10,18H,5-6H2,1-4H3,(H,15,20)/t7-,8+,9+,10-/m0/s1. The number of carbonyl (C=O) groups is 2. The van der Waals surface area contributed by atoms with Gasteiger partial charge in [0.2, 0.25) is 0 Å². The van der Waals surface area contributed by atoms with Gasteiger partial charge in [-0.15, -0.1) is 0 Å². The fourth-order valence-electron chi connectivity index (χ4n) is 2.33. The summed E-state index contributed by atoms with van der Waals surface area (Å²) in [7, 11) is 0. The third-order valence-corrected chi connectivity index (χ3v) is 3.16. The second-order valence-corrected chi connectivity index (χ2v) is 6.03. The maximum absolute atomic E-state index is 12.0. The molecule has 0 heterocycles. The van der Waals surface area contributed by atoms with Crippen molar-refractivity contribution in [2.45, 2.75) is 57.9 Å². The molecule has 9 heteroatoms. The van der Waals surface area contributed by atoms with Gasteiger partial charge in [0.05, 0.1) is 30.7 Å². The lowest BCUT2D eigenvalue weighted by atomic mass is 10.0. The smallest absolute Gasteiger partial charge is 0.407 e. The van der Waals surface area contributed by atoms with Crippen LogP contribution < -0.4 is 5.32 Å². The lowest BCUT2D eigenvalue weighted by Gasteiger charge is -2.25. The Balaban J connectivity index is 2.87. The van der Waals surface area contributed by atoms with Crippen LogP contribution in [0.5, 0.6) is 0 Å². The van der Waals surface area contributed by atoms with Crippen molar-refractivity contribution < 1.29 is 24.2 Å². The van der Waals surface area contributed by atoms with Crippen molar-refractivity contribution in [3.63, 3.8) is 0 Å². The van der Waals surface area contributed by atoms with Crippen LogP contribution in [0.25, 0.3) is 10.4 Å². The maximum atomic E-state index is 12.0. The van der Waals surface area contributed by atoms with Crippen LogP contribution in [0, 0.1) is 5.92 Å². The number of aliphatic hydroxyl groups is 1. The lowest BCUT2D eigenvalue weighted by Crippen LogP contribution is -2.49. The van der Waals surface area contributed by atoms with Crippen molar-refractivity contribution in [2.75, 3.05) is 6.61 Å². The molecule has 0 aromatic heterocycles. The molecule has 124 valence electrons. The number of nitrogens with zero attached hydrogens (tertiary/aromatic N) is 3. The number of aliphatic hydroxyl groups excluding tert-OH is 1. The maximum Gasteiger partial charge on any atom is 0.407 e. The van der Waals surface area contributed by atoms with Crippen molar-refractivity contribution >= 4 is 12.1 Å². The Morgan fingerprint density at radius 2 is 2.09 bits per heavy atom. The van der Waals surface area contributed by atoms with Crippen LogP contribution in [0.4, 0.5) is 4.79 Å². The van der Waals surface area contributed by atoms with Gasteiger partial charge in [0.15, 0.2) is 0 Å². The normalized spacial score (nSPS) is 27.7. The molecule has 1 saturated carbocycles. The van der Waals surface area contributed by atoms with Gasteiger partial charge in [0.1, 0.15) is 5.60 Å². The highest BCUT2D eigenvalue weighted by atomic mass is 16.6. The van der Waals surface area contributed by atoms with Crippen molar-refractivity contribution in [3.05, 3.63) is 10.4 Å². The molecule has 2 N–H and O–H groups in total. The molecule has 9 nitrogen and oxygen atoms in total. The third-order valence-electron chi connectivity index (χ3n) is 3.16. The average molecular weight is 314 g/mol. The number of amides is 1. The minimum absolute atomic E-state index is 0.102. The first kappa shape index (κ1) is 18.1. The Labute approximate surface area is 128 Å². The van der Waals surface area contributed by atoms with Crippen LogP contribution in [-0.2, 0) is 14.3 Å². The van der Waals surface area contributed by atoms with Gasteiger partial charge >= 0.3 is 12.1 Å². The summed E-state index contributed by atoms with van der Waals surface area (Å²) in [4.78, 5) is 26.5. The SMILES string of the molecule is CCOC(=O)[C@H]1C[C@@H](N=[N+]=[N-])[C@H](O)[C@@H]1NC(=O)OC(C)(C)C. The molecule has 0 unspecified atom stereocenters. The van der Waals surface area contributed by atoms with E-state index in [-0.39, 0.29) is 13.0 Å². The Kier molecular flexibility index (Phi) is 6.01. The molecule has 22 heavy (non-hydrogen) atoms. The summed E-state index contributed by atoms with van der Waals surface area (Å²) in [5.41, 5.74) is 7.80. The average Bonchev–Trinajstić information content (AvgIpc) is 2.66. The molecule has 0 saturated heterocycles. The molecule has 0 aromatic carbocycles. The molecule has 1 aliphatic rings. The molecular formula is C13H22N4O5. The van der Waals surface area contributed by atoms with Gasteiger partial charge < -0.3 is 19.9 Å². The molecule has 1 rings (SSSR count). The minimum Gasteiger partial charge on any atom is -0.466 e. The number of alkyl carbamates (subject to hydrolysis) is 1. The Morgan fingerprint density at radius 3 is 2.59 bits per heavy atom. The summed E-state index contributed by atoms with van der Waals surface area (Å²) in [6, 6.07) is -1.73. The fourth-order valence-corrected chi connectivity index (χ4v) is 2.33. The molecule has 0 spiro atoms. The predicted molar refractivity (Wildman–Crippen MR) is 76.8 cm³/mol. The number of rotatable bonds is 4. The number of esters is 1. The first-order valence-corrected chi connectivity index (χ1v) is 7.08. The summed E-state index contributed by atoms with van der Waals surface area (Å²) < 4.78 is 10.1. The molecule has 1 fully saturated rings. The first-order valence-electron chi connectivity index (χ1n) is 7.08. The van der Waals surface area contributed by atoms with Crippen LogP contribution in [0.15, 0.2) is 5.11 Å². The third kappa shape index (κ3) is 4.78. The zero-order chi connectivity index (χ0) is 16.9. The summed E-state index contributed by atoms with van der Waals surface area (Å²) in [5, 5.41) is 16.1. The number of ether oxygens (including phenoxy) is 2. The largest absolute Gasteiger partial charge is 0.466 e. The molecule has 1 aliphatic carbocycles. The van der Waals surface area contributed by atoms with E-state index in [4.69, 9.17) is 15.0 Å². The summed E-state index contributed by atoms with van der Waals surface area (Å²) >= 11 is 0. The van der Waals surface area contributed by atoms with Crippen molar-refractivity contribution in [2.24, 2.45) is 11.0 Å². The zero-order valence-corrected chi connectivity index (χ0v) is 13.1. The van der Waals surface area contributed by atoms with Gasteiger partial charge in [-0.1, -0.05) is 5.11 Å². The van der Waals surface area contributed by atoms with Crippen molar-refractivity contribution in [1.29, 1.82) is 0 Å². The van der Waals surface area contributed by atoms with Crippen molar-refractivity contribution in [1.82, 2.24) is 5.32 Å². The van der Waals surface area contributed by atoms with Crippen LogP contribution in [0.2, 0.25) is 0 Å². The van der Waals surface area contributed by atoms with E-state index in [1.807, 2.05) is 0 Å². The molecular weight excluding hydrogens is 292 g/mol. The number of hydrogen-bond donors (Lipinski definition) is 2. The predicted octanol–water partition coefficient (Wildman–Crippen LogP) is 1.50. The van der Waals surface area contributed by atoms with Crippen LogP contribution in [0.3, 0.4) is 0 Å². The Hall–Kier alpha value is -1.99.